The first-order valence-electron chi connectivity index (χ1n) is 4.67. The van der Waals surface area contributed by atoms with Crippen LogP contribution in [-0.4, -0.2) is 12.1 Å². The van der Waals surface area contributed by atoms with Gasteiger partial charge in [-0.25, -0.2) is 4.98 Å². The maximum atomic E-state index is 5.95. The van der Waals surface area contributed by atoms with Gasteiger partial charge in [0.1, 0.15) is 10.9 Å². The molecule has 0 unspecified atom stereocenters. The highest BCUT2D eigenvalue weighted by atomic mass is 35.5. The van der Waals surface area contributed by atoms with Crippen LogP contribution in [0, 0.1) is 0 Å². The van der Waals surface area contributed by atoms with Crippen LogP contribution in [0.3, 0.4) is 0 Å². The summed E-state index contributed by atoms with van der Waals surface area (Å²) < 4.78 is 5.25. The standard InChI is InChI=1S/C12H9Cl2NO.H3N/c1-16-11-6-5-8(13)7-9(11)10-3-2-4-12(14)15-10;/h2-7H,1H3;1H3. The SMILES string of the molecule is COc1ccc(Cl)cc1-c1cccc(Cl)n1.N. The van der Waals surface area contributed by atoms with Gasteiger partial charge in [-0.3, -0.25) is 0 Å². The topological polar surface area (TPSA) is 57.1 Å². The predicted molar refractivity (Wildman–Crippen MR) is 71.3 cm³/mol. The van der Waals surface area contributed by atoms with E-state index < -0.39 is 0 Å². The van der Waals surface area contributed by atoms with Gasteiger partial charge in [-0.05, 0) is 30.3 Å². The van der Waals surface area contributed by atoms with Gasteiger partial charge in [0, 0.05) is 10.6 Å². The summed E-state index contributed by atoms with van der Waals surface area (Å²) in [7, 11) is 1.61. The Labute approximate surface area is 110 Å². The van der Waals surface area contributed by atoms with E-state index in [1.165, 1.54) is 0 Å². The molecule has 0 amide bonds. The maximum Gasteiger partial charge on any atom is 0.129 e. The van der Waals surface area contributed by atoms with Crippen LogP contribution < -0.4 is 10.9 Å². The van der Waals surface area contributed by atoms with Crippen molar-refractivity contribution in [1.29, 1.82) is 0 Å². The molecule has 0 saturated carbocycles. The number of hydrogen-bond acceptors (Lipinski definition) is 3. The van der Waals surface area contributed by atoms with Crippen molar-refractivity contribution in [1.82, 2.24) is 11.1 Å². The molecule has 17 heavy (non-hydrogen) atoms. The molecule has 3 nitrogen and oxygen atoms in total. The van der Waals surface area contributed by atoms with Crippen LogP contribution in [0.25, 0.3) is 11.3 Å². The smallest absolute Gasteiger partial charge is 0.129 e. The van der Waals surface area contributed by atoms with Gasteiger partial charge >= 0.3 is 0 Å². The molecule has 90 valence electrons. The van der Waals surface area contributed by atoms with Crippen molar-refractivity contribution in [2.75, 3.05) is 7.11 Å². The second-order valence-electron chi connectivity index (χ2n) is 3.19. The van der Waals surface area contributed by atoms with E-state index in [1.807, 2.05) is 12.1 Å². The second-order valence-corrected chi connectivity index (χ2v) is 4.01. The molecule has 1 aromatic carbocycles. The lowest BCUT2D eigenvalue weighted by atomic mass is 10.1. The fourth-order valence-corrected chi connectivity index (χ4v) is 1.77. The van der Waals surface area contributed by atoms with Crippen LogP contribution in [0.15, 0.2) is 36.4 Å². The van der Waals surface area contributed by atoms with E-state index in [9.17, 15) is 0 Å². The van der Waals surface area contributed by atoms with Gasteiger partial charge in [0.2, 0.25) is 0 Å². The van der Waals surface area contributed by atoms with Crippen molar-refractivity contribution in [3.8, 4) is 17.0 Å². The molecule has 0 spiro atoms. The fourth-order valence-electron chi connectivity index (χ4n) is 1.44. The second kappa shape index (κ2) is 5.87. The summed E-state index contributed by atoms with van der Waals surface area (Å²) in [6, 6.07) is 10.8. The Bertz CT molecular complexity index is 518. The Morgan fingerprint density at radius 1 is 1.12 bits per heavy atom. The van der Waals surface area contributed by atoms with E-state index in [2.05, 4.69) is 4.98 Å². The van der Waals surface area contributed by atoms with E-state index in [4.69, 9.17) is 27.9 Å². The monoisotopic (exact) mass is 270 g/mol. The van der Waals surface area contributed by atoms with Crippen molar-refractivity contribution in [3.05, 3.63) is 46.6 Å². The molecule has 0 aliphatic heterocycles. The molecule has 2 rings (SSSR count). The molecule has 0 aliphatic rings. The summed E-state index contributed by atoms with van der Waals surface area (Å²) in [5.74, 6) is 0.721. The van der Waals surface area contributed by atoms with E-state index in [0.717, 1.165) is 17.0 Å². The number of nitrogens with zero attached hydrogens (tertiary/aromatic N) is 1. The van der Waals surface area contributed by atoms with Gasteiger partial charge in [0.05, 0.1) is 12.8 Å². The number of methoxy groups -OCH3 is 1. The third kappa shape index (κ3) is 3.09. The predicted octanol–water partition coefficient (Wildman–Crippen LogP) is 4.23. The number of pyridine rings is 1. The molecule has 0 bridgehead atoms. The molecule has 1 heterocycles. The minimum atomic E-state index is 0. The summed E-state index contributed by atoms with van der Waals surface area (Å²) in [6.45, 7) is 0. The first-order valence-corrected chi connectivity index (χ1v) is 5.43. The summed E-state index contributed by atoms with van der Waals surface area (Å²) >= 11 is 11.8. The van der Waals surface area contributed by atoms with E-state index in [1.54, 1.807) is 31.4 Å². The van der Waals surface area contributed by atoms with Crippen molar-refractivity contribution < 1.29 is 4.74 Å². The van der Waals surface area contributed by atoms with Crippen LogP contribution in [0.4, 0.5) is 0 Å². The molecule has 3 N–H and O–H groups in total. The molecule has 0 atom stereocenters. The summed E-state index contributed by atoms with van der Waals surface area (Å²) in [5, 5.41) is 1.08. The molecule has 0 fully saturated rings. The summed E-state index contributed by atoms with van der Waals surface area (Å²) in [6.07, 6.45) is 0. The van der Waals surface area contributed by atoms with Gasteiger partial charge in [-0.2, -0.15) is 0 Å². The highest BCUT2D eigenvalue weighted by molar-refractivity contribution is 6.31. The molecule has 0 radical (unpaired) electrons. The molecular formula is C12H12Cl2N2O. The van der Waals surface area contributed by atoms with Crippen molar-refractivity contribution in [2.45, 2.75) is 0 Å². The normalized spacial score (nSPS) is 9.59. The number of benzene rings is 1. The van der Waals surface area contributed by atoms with Crippen molar-refractivity contribution >= 4 is 23.2 Å². The number of aromatic nitrogens is 1. The number of ether oxygens (including phenoxy) is 1. The zero-order valence-corrected chi connectivity index (χ0v) is 10.8. The number of hydrogen-bond donors (Lipinski definition) is 1. The van der Waals surface area contributed by atoms with Gasteiger partial charge in [0.25, 0.3) is 0 Å². The van der Waals surface area contributed by atoms with Gasteiger partial charge in [-0.15, -0.1) is 0 Å². The third-order valence-electron chi connectivity index (χ3n) is 2.15. The Hall–Kier alpha value is -1.29. The lowest BCUT2D eigenvalue weighted by Crippen LogP contribution is -1.90. The average Bonchev–Trinajstić information content (AvgIpc) is 2.29. The van der Waals surface area contributed by atoms with Crippen molar-refractivity contribution in [3.63, 3.8) is 0 Å². The van der Waals surface area contributed by atoms with E-state index >= 15 is 0 Å². The highest BCUT2D eigenvalue weighted by Gasteiger charge is 2.08. The van der Waals surface area contributed by atoms with Gasteiger partial charge in [0.15, 0.2) is 0 Å². The minimum absolute atomic E-state index is 0. The molecule has 2 aromatic rings. The quantitative estimate of drug-likeness (QED) is 0.831. The maximum absolute atomic E-state index is 5.95. The molecule has 0 aliphatic carbocycles. The summed E-state index contributed by atoms with van der Waals surface area (Å²) in [5.41, 5.74) is 1.57. The lowest BCUT2D eigenvalue weighted by molar-refractivity contribution is 0.416. The van der Waals surface area contributed by atoms with Crippen LogP contribution in [0.1, 0.15) is 0 Å². The first-order chi connectivity index (χ1) is 7.70. The van der Waals surface area contributed by atoms with Crippen molar-refractivity contribution in [2.24, 2.45) is 0 Å². The third-order valence-corrected chi connectivity index (χ3v) is 2.60. The summed E-state index contributed by atoms with van der Waals surface area (Å²) in [4.78, 5) is 4.22. The molecule has 5 heteroatoms. The largest absolute Gasteiger partial charge is 0.496 e. The average molecular weight is 271 g/mol. The minimum Gasteiger partial charge on any atom is -0.496 e. The molecule has 0 saturated heterocycles. The van der Waals surface area contributed by atoms with Gasteiger partial charge in [-0.1, -0.05) is 29.3 Å². The zero-order valence-electron chi connectivity index (χ0n) is 9.28. The van der Waals surface area contributed by atoms with Crippen LogP contribution in [0.2, 0.25) is 10.2 Å². The molecular weight excluding hydrogens is 259 g/mol. The van der Waals surface area contributed by atoms with Crippen LogP contribution in [-0.2, 0) is 0 Å². The Balaban J connectivity index is 0.00000144. The van der Waals surface area contributed by atoms with Crippen LogP contribution in [0.5, 0.6) is 5.75 Å². The van der Waals surface area contributed by atoms with Gasteiger partial charge < -0.3 is 10.9 Å². The van der Waals surface area contributed by atoms with E-state index in [0.29, 0.717) is 10.2 Å². The highest BCUT2D eigenvalue weighted by Crippen LogP contribution is 2.31. The van der Waals surface area contributed by atoms with Crippen LogP contribution >= 0.6 is 23.2 Å². The Morgan fingerprint density at radius 2 is 1.88 bits per heavy atom. The zero-order chi connectivity index (χ0) is 11.5. The van der Waals surface area contributed by atoms with E-state index in [-0.39, 0.29) is 6.15 Å². The fraction of sp³-hybridized carbons (Fsp3) is 0.0833. The number of halogens is 2. The first kappa shape index (κ1) is 13.8. The Kier molecular flexibility index (Phi) is 4.75. The number of rotatable bonds is 2. The Morgan fingerprint density at radius 3 is 2.53 bits per heavy atom. The molecule has 1 aromatic heterocycles. The lowest BCUT2D eigenvalue weighted by Gasteiger charge is -2.08.